The number of carbonyl (C=O) groups excluding carboxylic acids is 1. The number of amides is 1. The Bertz CT molecular complexity index is 890. The molecule has 5 nitrogen and oxygen atoms in total. The zero-order valence-electron chi connectivity index (χ0n) is 15.3. The highest BCUT2D eigenvalue weighted by Crippen LogP contribution is 2.46. The molecule has 4 rings (SSSR count). The number of fused-ring (bicyclic) bond motifs is 1. The molecule has 1 N–H and O–H groups in total. The van der Waals surface area contributed by atoms with Crippen molar-refractivity contribution in [1.29, 1.82) is 0 Å². The number of anilines is 1. The van der Waals surface area contributed by atoms with Crippen molar-refractivity contribution in [3.05, 3.63) is 53.6 Å². The average Bonchev–Trinajstić information content (AvgIpc) is 2.98. The van der Waals surface area contributed by atoms with Gasteiger partial charge in [-0.1, -0.05) is 18.6 Å². The molecule has 27 heavy (non-hydrogen) atoms. The zero-order chi connectivity index (χ0) is 18.9. The van der Waals surface area contributed by atoms with Gasteiger partial charge in [0, 0.05) is 53.0 Å². The largest absolute Gasteiger partial charge is 0.448 e. The van der Waals surface area contributed by atoms with Crippen LogP contribution >= 0.6 is 0 Å². The van der Waals surface area contributed by atoms with Crippen LogP contribution in [0.15, 0.2) is 42.5 Å². The Labute approximate surface area is 161 Å². The highest BCUT2D eigenvalue weighted by atomic mass is 32.2. The molecule has 2 aromatic carbocycles. The second-order valence-corrected chi connectivity index (χ2v) is 8.64. The van der Waals surface area contributed by atoms with Gasteiger partial charge in [0.1, 0.15) is 0 Å². The van der Waals surface area contributed by atoms with Crippen LogP contribution in [-0.4, -0.2) is 22.2 Å². The summed E-state index contributed by atoms with van der Waals surface area (Å²) in [5, 5.41) is 2.91. The number of hydrogen-bond acceptors (Lipinski definition) is 4. The lowest BCUT2D eigenvalue weighted by Crippen LogP contribution is -2.40. The molecule has 1 atom stereocenters. The smallest absolute Gasteiger partial charge is 0.255 e. The molecule has 1 fully saturated rings. The van der Waals surface area contributed by atoms with Gasteiger partial charge in [0.15, 0.2) is 11.5 Å². The minimum absolute atomic E-state index is 0.204. The lowest BCUT2D eigenvalue weighted by molar-refractivity contribution is -0.105. The normalized spacial score (nSPS) is 18.3. The third kappa shape index (κ3) is 4.00. The Morgan fingerprint density at radius 1 is 1.07 bits per heavy atom. The van der Waals surface area contributed by atoms with Crippen molar-refractivity contribution >= 4 is 22.4 Å². The maximum Gasteiger partial charge on any atom is 0.255 e. The maximum atomic E-state index is 12.6. The Morgan fingerprint density at radius 2 is 1.85 bits per heavy atom. The Kier molecular flexibility index (Phi) is 4.91. The van der Waals surface area contributed by atoms with Crippen molar-refractivity contribution in [1.82, 2.24) is 0 Å². The Balaban J connectivity index is 1.47. The lowest BCUT2D eigenvalue weighted by atomic mass is 9.94. The molecule has 0 bridgehead atoms. The molecule has 0 saturated heterocycles. The molecule has 0 radical (unpaired) electrons. The van der Waals surface area contributed by atoms with E-state index in [1.807, 2.05) is 30.3 Å². The fourth-order valence-electron chi connectivity index (χ4n) is 3.71. The topological polar surface area (TPSA) is 64.6 Å². The van der Waals surface area contributed by atoms with E-state index in [4.69, 9.17) is 9.47 Å². The summed E-state index contributed by atoms with van der Waals surface area (Å²) in [7, 11) is -0.944. The lowest BCUT2D eigenvalue weighted by Gasteiger charge is -2.31. The first-order valence-corrected chi connectivity index (χ1v) is 11.0. The van der Waals surface area contributed by atoms with Crippen molar-refractivity contribution in [2.45, 2.75) is 43.6 Å². The van der Waals surface area contributed by atoms with E-state index in [-0.39, 0.29) is 5.91 Å². The van der Waals surface area contributed by atoms with Gasteiger partial charge >= 0.3 is 0 Å². The highest BCUT2D eigenvalue weighted by molar-refractivity contribution is 7.83. The summed E-state index contributed by atoms with van der Waals surface area (Å²) in [4.78, 5) is 12.6. The first kappa shape index (κ1) is 18.0. The van der Waals surface area contributed by atoms with Gasteiger partial charge in [-0.2, -0.15) is 0 Å². The molecule has 1 heterocycles. The van der Waals surface area contributed by atoms with Gasteiger partial charge < -0.3 is 14.8 Å². The summed E-state index contributed by atoms with van der Waals surface area (Å²) >= 11 is 0. The SMILES string of the molecule is CS(=O)Cc1cccc(C(=O)Nc2ccc3c(c2)OC2(CCCCC2)O3)c1. The van der Waals surface area contributed by atoms with Crippen molar-refractivity contribution in [2.24, 2.45) is 0 Å². The molecule has 1 amide bonds. The number of ether oxygens (including phenoxy) is 2. The number of rotatable bonds is 4. The average molecular weight is 385 g/mol. The molecular weight excluding hydrogens is 362 g/mol. The molecule has 0 aromatic heterocycles. The van der Waals surface area contributed by atoms with Crippen LogP contribution in [0.4, 0.5) is 5.69 Å². The van der Waals surface area contributed by atoms with Crippen LogP contribution in [0.1, 0.15) is 48.0 Å². The molecular formula is C21H23NO4S. The number of benzene rings is 2. The predicted octanol–water partition coefficient (Wildman–Crippen LogP) is 4.25. The summed E-state index contributed by atoms with van der Waals surface area (Å²) < 4.78 is 23.6. The van der Waals surface area contributed by atoms with E-state index >= 15 is 0 Å². The van der Waals surface area contributed by atoms with Crippen molar-refractivity contribution in [2.75, 3.05) is 11.6 Å². The first-order valence-electron chi connectivity index (χ1n) is 9.25. The number of nitrogens with one attached hydrogen (secondary N) is 1. The third-order valence-corrected chi connectivity index (χ3v) is 5.71. The molecule has 2 aliphatic rings. The first-order chi connectivity index (χ1) is 13.0. The van der Waals surface area contributed by atoms with Gasteiger partial charge in [-0.3, -0.25) is 9.00 Å². The molecule has 6 heteroatoms. The molecule has 142 valence electrons. The molecule has 1 unspecified atom stereocenters. The fourth-order valence-corrected chi connectivity index (χ4v) is 4.36. The number of carbonyl (C=O) groups is 1. The van der Waals surface area contributed by atoms with E-state index in [0.717, 1.165) is 37.0 Å². The van der Waals surface area contributed by atoms with Gasteiger partial charge in [0.2, 0.25) is 0 Å². The molecule has 1 aliphatic carbocycles. The second-order valence-electron chi connectivity index (χ2n) is 7.21. The van der Waals surface area contributed by atoms with Gasteiger partial charge in [-0.15, -0.1) is 0 Å². The van der Waals surface area contributed by atoms with Crippen LogP contribution in [-0.2, 0) is 16.6 Å². The zero-order valence-corrected chi connectivity index (χ0v) is 16.1. The standard InChI is InChI=1S/C21H23NO4S/c1-27(24)14-15-6-5-7-16(12-15)20(23)22-17-8-9-18-19(13-17)26-21(25-18)10-3-2-4-11-21/h5-9,12-13H,2-4,10-11,14H2,1H3,(H,22,23). The van der Waals surface area contributed by atoms with Crippen molar-refractivity contribution in [3.63, 3.8) is 0 Å². The van der Waals surface area contributed by atoms with Crippen LogP contribution in [0, 0.1) is 0 Å². The minimum atomic E-state index is -0.944. The van der Waals surface area contributed by atoms with E-state index in [1.165, 1.54) is 6.42 Å². The van der Waals surface area contributed by atoms with Crippen LogP contribution in [0.3, 0.4) is 0 Å². The summed E-state index contributed by atoms with van der Waals surface area (Å²) in [6, 6.07) is 12.7. The monoisotopic (exact) mass is 385 g/mol. The van der Waals surface area contributed by atoms with Crippen LogP contribution in [0.25, 0.3) is 0 Å². The van der Waals surface area contributed by atoms with Crippen LogP contribution < -0.4 is 14.8 Å². The van der Waals surface area contributed by atoms with E-state index in [2.05, 4.69) is 5.32 Å². The summed E-state index contributed by atoms with van der Waals surface area (Å²) in [5.74, 6) is 1.14. The van der Waals surface area contributed by atoms with Gasteiger partial charge in [-0.05, 0) is 42.7 Å². The predicted molar refractivity (Wildman–Crippen MR) is 106 cm³/mol. The van der Waals surface area contributed by atoms with Gasteiger partial charge in [0.05, 0.1) is 0 Å². The van der Waals surface area contributed by atoms with Crippen LogP contribution in [0.2, 0.25) is 0 Å². The van der Waals surface area contributed by atoms with E-state index in [9.17, 15) is 9.00 Å². The highest BCUT2D eigenvalue weighted by Gasteiger charge is 2.42. The Morgan fingerprint density at radius 3 is 2.63 bits per heavy atom. The van der Waals surface area contributed by atoms with Gasteiger partial charge in [0.25, 0.3) is 11.7 Å². The minimum Gasteiger partial charge on any atom is -0.448 e. The molecule has 1 spiro atoms. The van der Waals surface area contributed by atoms with Crippen molar-refractivity contribution < 1.29 is 18.5 Å². The van der Waals surface area contributed by atoms with E-state index < -0.39 is 16.6 Å². The molecule has 1 aliphatic heterocycles. The van der Waals surface area contributed by atoms with Crippen molar-refractivity contribution in [3.8, 4) is 11.5 Å². The third-order valence-electron chi connectivity index (χ3n) is 4.97. The second kappa shape index (κ2) is 7.35. The van der Waals surface area contributed by atoms with Crippen LogP contribution in [0.5, 0.6) is 11.5 Å². The summed E-state index contributed by atoms with van der Waals surface area (Å²) in [6.45, 7) is 0. The number of hydrogen-bond donors (Lipinski definition) is 1. The summed E-state index contributed by atoms with van der Waals surface area (Å²) in [5.41, 5.74) is 2.09. The fraction of sp³-hybridized carbons (Fsp3) is 0.381. The maximum absolute atomic E-state index is 12.6. The van der Waals surface area contributed by atoms with Gasteiger partial charge in [-0.25, -0.2) is 0 Å². The summed E-state index contributed by atoms with van der Waals surface area (Å²) in [6.07, 6.45) is 6.88. The molecule has 2 aromatic rings. The van der Waals surface area contributed by atoms with E-state index in [0.29, 0.717) is 22.8 Å². The van der Waals surface area contributed by atoms with E-state index in [1.54, 1.807) is 18.4 Å². The quantitative estimate of drug-likeness (QED) is 0.855. The molecule has 1 saturated carbocycles. The Hall–Kier alpha value is -2.34.